The molecular formula is C64H38N2. The fraction of sp³-hybridized carbons (Fsp3) is 0.0156. The van der Waals surface area contributed by atoms with E-state index in [-0.39, 0.29) is 0 Å². The van der Waals surface area contributed by atoms with Gasteiger partial charge in [-0.2, -0.15) is 0 Å². The van der Waals surface area contributed by atoms with E-state index in [4.69, 9.17) is 4.98 Å². The van der Waals surface area contributed by atoms with Crippen LogP contribution in [0.3, 0.4) is 0 Å². The largest absolute Gasteiger partial charge is 0.309 e. The lowest BCUT2D eigenvalue weighted by Gasteiger charge is -2.30. The van der Waals surface area contributed by atoms with Crippen LogP contribution in [0.4, 0.5) is 0 Å². The van der Waals surface area contributed by atoms with Crippen LogP contribution < -0.4 is 0 Å². The van der Waals surface area contributed by atoms with Gasteiger partial charge in [-0.05, 0) is 153 Å². The summed E-state index contributed by atoms with van der Waals surface area (Å²) in [4.78, 5) is 5.20. The van der Waals surface area contributed by atoms with Gasteiger partial charge in [-0.25, -0.2) is 0 Å². The minimum atomic E-state index is -0.584. The summed E-state index contributed by atoms with van der Waals surface area (Å²) in [5.74, 6) is 0. The fourth-order valence-corrected chi connectivity index (χ4v) is 12.3. The molecule has 0 saturated heterocycles. The molecule has 13 aromatic rings. The van der Waals surface area contributed by atoms with Gasteiger partial charge in [-0.3, -0.25) is 4.98 Å². The van der Waals surface area contributed by atoms with E-state index in [1.165, 1.54) is 126 Å². The molecule has 304 valence electrons. The van der Waals surface area contributed by atoms with E-state index in [0.717, 1.165) is 11.4 Å². The Morgan fingerprint density at radius 2 is 0.909 bits per heavy atom. The standard InChI is InChI=1S/C64H38N2/c1-2-18-41(19-3-1)66-61-30-13-11-26-49(61)56-37-55-48-25-10-12-28-57(48)64(60(55)38-62(56)66)58-29-15-33-65-63(58)50-32-31-40(34-59(50)64)51-35-53-47-24-9-8-23-46(47)52(36-54(53)45-22-7-6-21-44(45)51)43-27-14-17-39-16-4-5-20-42(39)43/h1-38H. The maximum atomic E-state index is 5.20. The molecule has 0 radical (unpaired) electrons. The van der Waals surface area contributed by atoms with Crippen LogP contribution in [0.5, 0.6) is 0 Å². The molecule has 2 aliphatic rings. The van der Waals surface area contributed by atoms with Gasteiger partial charge < -0.3 is 4.57 Å². The normalized spacial score (nSPS) is 14.7. The molecule has 1 atom stereocenters. The summed E-state index contributed by atoms with van der Waals surface area (Å²) in [6.45, 7) is 0. The number of nitrogens with zero attached hydrogens (tertiary/aromatic N) is 2. The molecule has 0 N–H and O–H groups in total. The molecule has 0 saturated carbocycles. The molecule has 0 aliphatic heterocycles. The van der Waals surface area contributed by atoms with E-state index in [1.807, 2.05) is 6.20 Å². The lowest BCUT2D eigenvalue weighted by molar-refractivity contribution is 0.792. The molecule has 0 bridgehead atoms. The Morgan fingerprint density at radius 1 is 0.303 bits per heavy atom. The van der Waals surface area contributed by atoms with Crippen molar-refractivity contribution in [2.45, 2.75) is 5.41 Å². The van der Waals surface area contributed by atoms with Crippen LogP contribution in [0.1, 0.15) is 22.3 Å². The maximum absolute atomic E-state index is 5.20. The molecule has 0 amide bonds. The Hall–Kier alpha value is -8.59. The summed E-state index contributed by atoms with van der Waals surface area (Å²) in [6, 6.07) is 83.8. The fourth-order valence-electron chi connectivity index (χ4n) is 12.3. The van der Waals surface area contributed by atoms with Crippen LogP contribution >= 0.6 is 0 Å². The van der Waals surface area contributed by atoms with Gasteiger partial charge >= 0.3 is 0 Å². The Balaban J connectivity index is 1.02. The van der Waals surface area contributed by atoms with E-state index in [2.05, 4.69) is 229 Å². The Bertz CT molecular complexity index is 4230. The molecule has 1 unspecified atom stereocenters. The Labute approximate surface area is 381 Å². The molecule has 2 heteroatoms. The van der Waals surface area contributed by atoms with Crippen molar-refractivity contribution < 1.29 is 0 Å². The predicted octanol–water partition coefficient (Wildman–Crippen LogP) is 16.5. The molecule has 2 aromatic heterocycles. The zero-order valence-electron chi connectivity index (χ0n) is 35.8. The van der Waals surface area contributed by atoms with Gasteiger partial charge in [0.2, 0.25) is 0 Å². The summed E-state index contributed by atoms with van der Waals surface area (Å²) in [5, 5.41) is 12.6. The quantitative estimate of drug-likeness (QED) is 0.162. The number of pyridine rings is 1. The number of aromatic nitrogens is 2. The average Bonchev–Trinajstić information content (AvgIpc) is 3.98. The first-order valence-electron chi connectivity index (χ1n) is 22.9. The van der Waals surface area contributed by atoms with Gasteiger partial charge in [0.15, 0.2) is 0 Å². The molecule has 66 heavy (non-hydrogen) atoms. The predicted molar refractivity (Wildman–Crippen MR) is 276 cm³/mol. The molecule has 15 rings (SSSR count). The van der Waals surface area contributed by atoms with E-state index in [9.17, 15) is 0 Å². The first-order valence-corrected chi connectivity index (χ1v) is 22.9. The van der Waals surface area contributed by atoms with Gasteiger partial charge in [0.25, 0.3) is 0 Å². The lowest BCUT2D eigenvalue weighted by Crippen LogP contribution is -2.26. The van der Waals surface area contributed by atoms with Gasteiger partial charge in [-0.15, -0.1) is 0 Å². The highest BCUT2D eigenvalue weighted by Gasteiger charge is 2.52. The van der Waals surface area contributed by atoms with Crippen molar-refractivity contribution in [3.63, 3.8) is 0 Å². The van der Waals surface area contributed by atoms with Crippen LogP contribution in [0.25, 0.3) is 115 Å². The van der Waals surface area contributed by atoms with E-state index in [1.54, 1.807) is 0 Å². The first-order chi connectivity index (χ1) is 32.8. The van der Waals surface area contributed by atoms with Gasteiger partial charge in [0.1, 0.15) is 0 Å². The summed E-state index contributed by atoms with van der Waals surface area (Å²) in [7, 11) is 0. The maximum Gasteiger partial charge on any atom is 0.0753 e. The zero-order valence-corrected chi connectivity index (χ0v) is 35.8. The van der Waals surface area contributed by atoms with Gasteiger partial charge in [0, 0.05) is 28.2 Å². The van der Waals surface area contributed by atoms with Gasteiger partial charge in [0.05, 0.1) is 22.1 Å². The van der Waals surface area contributed by atoms with Crippen molar-refractivity contribution in [3.8, 4) is 50.3 Å². The smallest absolute Gasteiger partial charge is 0.0753 e. The molecule has 2 nitrogen and oxygen atoms in total. The number of hydrogen-bond acceptors (Lipinski definition) is 1. The van der Waals surface area contributed by atoms with Gasteiger partial charge in [-0.1, -0.05) is 170 Å². The van der Waals surface area contributed by atoms with Crippen molar-refractivity contribution in [2.75, 3.05) is 0 Å². The minimum absolute atomic E-state index is 0.584. The summed E-state index contributed by atoms with van der Waals surface area (Å²) < 4.78 is 2.45. The number of hydrogen-bond donors (Lipinski definition) is 0. The third-order valence-electron chi connectivity index (χ3n) is 15.0. The second-order valence-electron chi connectivity index (χ2n) is 18.1. The highest BCUT2D eigenvalue weighted by Crippen LogP contribution is 2.63. The van der Waals surface area contributed by atoms with Crippen LogP contribution in [0.2, 0.25) is 0 Å². The second-order valence-corrected chi connectivity index (χ2v) is 18.1. The summed E-state index contributed by atoms with van der Waals surface area (Å²) >= 11 is 0. The molecule has 1 spiro atoms. The van der Waals surface area contributed by atoms with Crippen LogP contribution in [0, 0.1) is 0 Å². The summed E-state index contributed by atoms with van der Waals surface area (Å²) in [6.07, 6.45) is 1.96. The van der Waals surface area contributed by atoms with Crippen LogP contribution in [-0.2, 0) is 5.41 Å². The van der Waals surface area contributed by atoms with E-state index in [0.29, 0.717) is 0 Å². The monoisotopic (exact) mass is 834 g/mol. The van der Waals surface area contributed by atoms with Crippen molar-refractivity contribution >= 4 is 64.9 Å². The molecule has 2 heterocycles. The van der Waals surface area contributed by atoms with Crippen LogP contribution in [0.15, 0.2) is 231 Å². The number of para-hydroxylation sites is 2. The summed E-state index contributed by atoms with van der Waals surface area (Å²) in [5.41, 5.74) is 17.9. The second kappa shape index (κ2) is 13.2. The van der Waals surface area contributed by atoms with Crippen LogP contribution in [-0.4, -0.2) is 9.55 Å². The number of rotatable bonds is 3. The number of benzene rings is 11. The van der Waals surface area contributed by atoms with Crippen molar-refractivity contribution in [1.29, 1.82) is 0 Å². The molecule has 0 fully saturated rings. The van der Waals surface area contributed by atoms with Crippen molar-refractivity contribution in [2.24, 2.45) is 0 Å². The molecular weight excluding hydrogens is 797 g/mol. The highest BCUT2D eigenvalue weighted by molar-refractivity contribution is 6.25. The SMILES string of the molecule is c1ccc(-n2c3ccccc3c3cc4c(cc32)C2(c3ccccc3-4)c3cc(-c4cc5c6ccccc6c(-c6cccc7ccccc67)cc5c5ccccc45)ccc3-c3ncccc32)cc1. The minimum Gasteiger partial charge on any atom is -0.309 e. The Kier molecular flexibility index (Phi) is 7.18. The highest BCUT2D eigenvalue weighted by atomic mass is 15.0. The third kappa shape index (κ3) is 4.62. The Morgan fingerprint density at radius 3 is 1.74 bits per heavy atom. The topological polar surface area (TPSA) is 17.8 Å². The lowest BCUT2D eigenvalue weighted by atomic mass is 9.70. The zero-order chi connectivity index (χ0) is 43.1. The third-order valence-corrected chi connectivity index (χ3v) is 15.0. The molecule has 2 aliphatic carbocycles. The number of fused-ring (bicyclic) bond motifs is 19. The van der Waals surface area contributed by atoms with Crippen molar-refractivity contribution in [3.05, 3.63) is 253 Å². The first kappa shape index (κ1) is 35.8. The molecule has 11 aromatic carbocycles. The van der Waals surface area contributed by atoms with Crippen molar-refractivity contribution in [1.82, 2.24) is 9.55 Å². The van der Waals surface area contributed by atoms with E-state index >= 15 is 0 Å². The van der Waals surface area contributed by atoms with E-state index < -0.39 is 5.41 Å². The average molecular weight is 835 g/mol.